The van der Waals surface area contributed by atoms with E-state index in [1.165, 1.54) is 0 Å². The number of aliphatic hydroxyl groups excluding tert-OH is 1. The van der Waals surface area contributed by atoms with Crippen molar-refractivity contribution in [1.29, 1.82) is 0 Å². The van der Waals surface area contributed by atoms with E-state index in [1.54, 1.807) is 12.3 Å². The molecule has 2 rings (SSSR count). The van der Waals surface area contributed by atoms with Gasteiger partial charge >= 0.3 is 0 Å². The largest absolute Gasteiger partial charge is 0.490 e. The van der Waals surface area contributed by atoms with Gasteiger partial charge in [-0.15, -0.1) is 0 Å². The summed E-state index contributed by atoms with van der Waals surface area (Å²) in [5.74, 6) is 0.764. The van der Waals surface area contributed by atoms with Crippen LogP contribution in [0, 0.1) is 6.92 Å². The molecule has 2 aromatic rings. The number of hydrogen-bond acceptors (Lipinski definition) is 3. The zero-order valence-corrected chi connectivity index (χ0v) is 9.71. The lowest BCUT2D eigenvalue weighted by Gasteiger charge is -2.12. The molecule has 0 saturated carbocycles. The Labute approximate surface area is 101 Å². The molecular weight excluding hydrogens is 214 g/mol. The van der Waals surface area contributed by atoms with E-state index in [4.69, 9.17) is 4.74 Å². The molecule has 1 aromatic heterocycles. The van der Waals surface area contributed by atoms with Crippen LogP contribution in [0.5, 0.6) is 5.75 Å². The van der Waals surface area contributed by atoms with Crippen LogP contribution in [0.2, 0.25) is 0 Å². The third-order valence-electron chi connectivity index (χ3n) is 2.43. The van der Waals surface area contributed by atoms with Crippen LogP contribution in [0.4, 0.5) is 0 Å². The van der Waals surface area contributed by atoms with Gasteiger partial charge in [-0.05, 0) is 36.8 Å². The molecule has 1 atom stereocenters. The Kier molecular flexibility index (Phi) is 3.73. The normalized spacial score (nSPS) is 12.1. The molecular formula is C14H15NO2. The second-order valence-corrected chi connectivity index (χ2v) is 3.90. The first-order chi connectivity index (χ1) is 8.25. The van der Waals surface area contributed by atoms with Crippen LogP contribution >= 0.6 is 0 Å². The van der Waals surface area contributed by atoms with Crippen LogP contribution in [0.3, 0.4) is 0 Å². The molecule has 0 aliphatic heterocycles. The highest BCUT2D eigenvalue weighted by Crippen LogP contribution is 2.15. The van der Waals surface area contributed by atoms with E-state index in [2.05, 4.69) is 4.98 Å². The quantitative estimate of drug-likeness (QED) is 0.875. The molecule has 1 N–H and O–H groups in total. The summed E-state index contributed by atoms with van der Waals surface area (Å²) in [7, 11) is 0. The van der Waals surface area contributed by atoms with Gasteiger partial charge in [0.2, 0.25) is 0 Å². The molecule has 3 nitrogen and oxygen atoms in total. The number of rotatable bonds is 4. The van der Waals surface area contributed by atoms with Gasteiger partial charge in [0, 0.05) is 6.20 Å². The minimum Gasteiger partial charge on any atom is -0.490 e. The number of ether oxygens (including phenoxy) is 1. The SMILES string of the molecule is Cc1cccc(OCC(O)c2ccccn2)c1. The second kappa shape index (κ2) is 5.46. The summed E-state index contributed by atoms with van der Waals surface area (Å²) in [6.07, 6.45) is 0.960. The predicted octanol–water partition coefficient (Wildman–Crippen LogP) is 2.50. The number of pyridine rings is 1. The highest BCUT2D eigenvalue weighted by Gasteiger charge is 2.08. The van der Waals surface area contributed by atoms with Gasteiger partial charge in [-0.25, -0.2) is 0 Å². The summed E-state index contributed by atoms with van der Waals surface area (Å²) in [5, 5.41) is 9.86. The van der Waals surface area contributed by atoms with Crippen molar-refractivity contribution in [3.63, 3.8) is 0 Å². The van der Waals surface area contributed by atoms with Crippen molar-refractivity contribution in [1.82, 2.24) is 4.98 Å². The first-order valence-electron chi connectivity index (χ1n) is 5.54. The van der Waals surface area contributed by atoms with Gasteiger partial charge in [0.25, 0.3) is 0 Å². The van der Waals surface area contributed by atoms with Gasteiger partial charge in [-0.3, -0.25) is 4.98 Å². The van der Waals surface area contributed by atoms with E-state index in [0.29, 0.717) is 5.69 Å². The van der Waals surface area contributed by atoms with Crippen molar-refractivity contribution < 1.29 is 9.84 Å². The van der Waals surface area contributed by atoms with Crippen LogP contribution in [0.25, 0.3) is 0 Å². The van der Waals surface area contributed by atoms with Crippen molar-refractivity contribution >= 4 is 0 Å². The fourth-order valence-corrected chi connectivity index (χ4v) is 1.54. The van der Waals surface area contributed by atoms with E-state index in [-0.39, 0.29) is 6.61 Å². The number of aliphatic hydroxyl groups is 1. The molecule has 1 heterocycles. The van der Waals surface area contributed by atoms with Crippen molar-refractivity contribution in [3.8, 4) is 5.75 Å². The van der Waals surface area contributed by atoms with E-state index in [1.807, 2.05) is 43.3 Å². The number of aryl methyl sites for hydroxylation is 1. The molecule has 0 saturated heterocycles. The van der Waals surface area contributed by atoms with Crippen LogP contribution in [0.15, 0.2) is 48.7 Å². The van der Waals surface area contributed by atoms with Gasteiger partial charge in [-0.1, -0.05) is 18.2 Å². The number of benzene rings is 1. The van der Waals surface area contributed by atoms with Gasteiger partial charge in [-0.2, -0.15) is 0 Å². The minimum atomic E-state index is -0.697. The van der Waals surface area contributed by atoms with E-state index in [9.17, 15) is 5.11 Å². The number of aromatic nitrogens is 1. The number of nitrogens with zero attached hydrogens (tertiary/aromatic N) is 1. The maximum Gasteiger partial charge on any atom is 0.130 e. The molecule has 3 heteroatoms. The van der Waals surface area contributed by atoms with Gasteiger partial charge in [0.05, 0.1) is 5.69 Å². The predicted molar refractivity (Wildman–Crippen MR) is 65.9 cm³/mol. The minimum absolute atomic E-state index is 0.209. The zero-order valence-electron chi connectivity index (χ0n) is 9.71. The molecule has 1 unspecified atom stereocenters. The lowest BCUT2D eigenvalue weighted by Crippen LogP contribution is -2.10. The highest BCUT2D eigenvalue weighted by molar-refractivity contribution is 5.27. The Balaban J connectivity index is 1.95. The standard InChI is InChI=1S/C14H15NO2/c1-11-5-4-6-12(9-11)17-10-14(16)13-7-2-3-8-15-13/h2-9,14,16H,10H2,1H3. The van der Waals surface area contributed by atoms with Crippen molar-refractivity contribution in [2.45, 2.75) is 13.0 Å². The van der Waals surface area contributed by atoms with Crippen LogP contribution in [0.1, 0.15) is 17.4 Å². The van der Waals surface area contributed by atoms with Crippen molar-refractivity contribution in [3.05, 3.63) is 59.9 Å². The van der Waals surface area contributed by atoms with E-state index < -0.39 is 6.10 Å². The molecule has 0 bridgehead atoms. The van der Waals surface area contributed by atoms with Crippen molar-refractivity contribution in [2.24, 2.45) is 0 Å². The Bertz CT molecular complexity index is 471. The van der Waals surface area contributed by atoms with Crippen LogP contribution in [-0.2, 0) is 0 Å². The Morgan fingerprint density at radius 3 is 2.82 bits per heavy atom. The average molecular weight is 229 g/mol. The zero-order chi connectivity index (χ0) is 12.1. The topological polar surface area (TPSA) is 42.4 Å². The fraction of sp³-hybridized carbons (Fsp3) is 0.214. The summed E-state index contributed by atoms with van der Waals surface area (Å²) in [6.45, 7) is 2.21. The molecule has 0 radical (unpaired) electrons. The molecule has 0 amide bonds. The average Bonchev–Trinajstić information content (AvgIpc) is 2.37. The number of hydrogen-bond donors (Lipinski definition) is 1. The highest BCUT2D eigenvalue weighted by atomic mass is 16.5. The van der Waals surface area contributed by atoms with Crippen LogP contribution in [-0.4, -0.2) is 16.7 Å². The summed E-state index contributed by atoms with van der Waals surface area (Å²) in [5.41, 5.74) is 1.76. The molecule has 1 aromatic carbocycles. The molecule has 17 heavy (non-hydrogen) atoms. The Hall–Kier alpha value is -1.87. The smallest absolute Gasteiger partial charge is 0.130 e. The molecule has 0 aliphatic carbocycles. The van der Waals surface area contributed by atoms with Gasteiger partial charge < -0.3 is 9.84 Å². The molecule has 0 fully saturated rings. The lowest BCUT2D eigenvalue weighted by molar-refractivity contribution is 0.104. The van der Waals surface area contributed by atoms with E-state index in [0.717, 1.165) is 11.3 Å². The maximum absolute atomic E-state index is 9.86. The third kappa shape index (κ3) is 3.29. The van der Waals surface area contributed by atoms with Crippen molar-refractivity contribution in [2.75, 3.05) is 6.61 Å². The Morgan fingerprint density at radius 1 is 1.24 bits per heavy atom. The Morgan fingerprint density at radius 2 is 2.12 bits per heavy atom. The molecule has 88 valence electrons. The summed E-state index contributed by atoms with van der Waals surface area (Å²) < 4.78 is 5.51. The van der Waals surface area contributed by atoms with E-state index >= 15 is 0 Å². The van der Waals surface area contributed by atoms with Gasteiger partial charge in [0.1, 0.15) is 18.5 Å². The lowest BCUT2D eigenvalue weighted by atomic mass is 10.2. The first kappa shape index (κ1) is 11.6. The summed E-state index contributed by atoms with van der Waals surface area (Å²) in [6, 6.07) is 13.2. The van der Waals surface area contributed by atoms with Gasteiger partial charge in [0.15, 0.2) is 0 Å². The van der Waals surface area contributed by atoms with Crippen LogP contribution < -0.4 is 4.74 Å². The third-order valence-corrected chi connectivity index (χ3v) is 2.43. The fourth-order valence-electron chi connectivity index (χ4n) is 1.54. The molecule has 0 aliphatic rings. The first-order valence-corrected chi connectivity index (χ1v) is 5.54. The summed E-state index contributed by atoms with van der Waals surface area (Å²) in [4.78, 5) is 4.08. The maximum atomic E-state index is 9.86. The monoisotopic (exact) mass is 229 g/mol. The molecule has 0 spiro atoms. The summed E-state index contributed by atoms with van der Waals surface area (Å²) >= 11 is 0. The second-order valence-electron chi connectivity index (χ2n) is 3.90.